The van der Waals surface area contributed by atoms with E-state index >= 15 is 0 Å². The molecule has 0 bridgehead atoms. The molecule has 0 saturated heterocycles. The molecule has 0 fully saturated rings. The number of carbonyl (C=O) groups is 3. The summed E-state index contributed by atoms with van der Waals surface area (Å²) in [6, 6.07) is 17.7. The zero-order chi connectivity index (χ0) is 20.2. The Balaban J connectivity index is 1.25. The van der Waals surface area contributed by atoms with Crippen LogP contribution in [0.3, 0.4) is 0 Å². The van der Waals surface area contributed by atoms with E-state index in [1.54, 1.807) is 48.2 Å². The molecule has 0 spiro atoms. The van der Waals surface area contributed by atoms with Gasteiger partial charge in [-0.25, -0.2) is 0 Å². The standard InChI is InChI=1S/C22H18N2O4S/c25-20(19-7-3-13-28-19)23-15-8-10-16(11-9-15)29-14-4-12-24-21(26)17-5-1-2-6-18(17)22(24)27/h1-3,5-11,13H,4,12,14H2,(H,23,25). The van der Waals surface area contributed by atoms with Gasteiger partial charge in [0, 0.05) is 17.1 Å². The minimum atomic E-state index is -0.295. The molecule has 29 heavy (non-hydrogen) atoms. The smallest absolute Gasteiger partial charge is 0.291 e. The van der Waals surface area contributed by atoms with Gasteiger partial charge in [-0.3, -0.25) is 19.3 Å². The largest absolute Gasteiger partial charge is 0.459 e. The molecule has 146 valence electrons. The van der Waals surface area contributed by atoms with Gasteiger partial charge in [-0.05, 0) is 60.7 Å². The zero-order valence-corrected chi connectivity index (χ0v) is 16.3. The number of furan rings is 1. The molecule has 1 aliphatic heterocycles. The van der Waals surface area contributed by atoms with Crippen LogP contribution in [-0.2, 0) is 0 Å². The molecule has 0 unspecified atom stereocenters. The summed E-state index contributed by atoms with van der Waals surface area (Å²) in [4.78, 5) is 39.0. The van der Waals surface area contributed by atoms with Crippen molar-refractivity contribution in [3.63, 3.8) is 0 Å². The maximum Gasteiger partial charge on any atom is 0.291 e. The average molecular weight is 406 g/mol. The lowest BCUT2D eigenvalue weighted by molar-refractivity contribution is 0.0654. The van der Waals surface area contributed by atoms with Crippen molar-refractivity contribution in [2.75, 3.05) is 17.6 Å². The van der Waals surface area contributed by atoms with Crippen molar-refractivity contribution in [2.24, 2.45) is 0 Å². The van der Waals surface area contributed by atoms with Gasteiger partial charge in [0.1, 0.15) is 0 Å². The number of thioether (sulfide) groups is 1. The predicted octanol–water partition coefficient (Wildman–Crippen LogP) is 4.31. The molecule has 6 nitrogen and oxygen atoms in total. The van der Waals surface area contributed by atoms with Gasteiger partial charge in [0.2, 0.25) is 0 Å². The predicted molar refractivity (Wildman–Crippen MR) is 110 cm³/mol. The molecular formula is C22H18N2O4S. The number of nitrogens with one attached hydrogen (secondary N) is 1. The Bertz CT molecular complexity index is 1010. The van der Waals surface area contributed by atoms with Gasteiger partial charge < -0.3 is 9.73 Å². The highest BCUT2D eigenvalue weighted by molar-refractivity contribution is 7.99. The van der Waals surface area contributed by atoms with Crippen LogP contribution < -0.4 is 5.32 Å². The number of hydrogen-bond acceptors (Lipinski definition) is 5. The Hall–Kier alpha value is -3.32. The first-order chi connectivity index (χ1) is 14.1. The lowest BCUT2D eigenvalue weighted by Gasteiger charge is -2.13. The molecule has 1 aromatic heterocycles. The van der Waals surface area contributed by atoms with Crippen molar-refractivity contribution >= 4 is 35.2 Å². The van der Waals surface area contributed by atoms with Gasteiger partial charge in [0.15, 0.2) is 5.76 Å². The normalized spacial score (nSPS) is 12.9. The molecule has 2 aromatic carbocycles. The zero-order valence-electron chi connectivity index (χ0n) is 15.5. The van der Waals surface area contributed by atoms with Crippen LogP contribution >= 0.6 is 11.8 Å². The number of imide groups is 1. The number of anilines is 1. The Morgan fingerprint density at radius 1 is 0.931 bits per heavy atom. The number of fused-ring (bicyclic) bond motifs is 1. The summed E-state index contributed by atoms with van der Waals surface area (Å²) in [7, 11) is 0. The molecule has 0 atom stereocenters. The summed E-state index contributed by atoms with van der Waals surface area (Å²) < 4.78 is 5.07. The third kappa shape index (κ3) is 4.09. The summed E-state index contributed by atoms with van der Waals surface area (Å²) in [5.74, 6) is 0.304. The Labute approximate surface area is 171 Å². The van der Waals surface area contributed by atoms with E-state index in [4.69, 9.17) is 4.42 Å². The number of carbonyl (C=O) groups excluding carboxylic acids is 3. The highest BCUT2D eigenvalue weighted by atomic mass is 32.2. The van der Waals surface area contributed by atoms with Crippen molar-refractivity contribution in [1.29, 1.82) is 0 Å². The highest BCUT2D eigenvalue weighted by Gasteiger charge is 2.34. The first kappa shape index (κ1) is 19.0. The van der Waals surface area contributed by atoms with Crippen molar-refractivity contribution in [3.05, 3.63) is 83.8 Å². The number of benzene rings is 2. The monoisotopic (exact) mass is 406 g/mol. The van der Waals surface area contributed by atoms with E-state index in [2.05, 4.69) is 5.32 Å². The number of hydrogen-bond donors (Lipinski definition) is 1. The van der Waals surface area contributed by atoms with E-state index in [-0.39, 0.29) is 23.5 Å². The van der Waals surface area contributed by atoms with E-state index in [9.17, 15) is 14.4 Å². The lowest BCUT2D eigenvalue weighted by atomic mass is 10.1. The first-order valence-corrected chi connectivity index (χ1v) is 10.1. The SMILES string of the molecule is O=C(Nc1ccc(SCCCN2C(=O)c3ccccc3C2=O)cc1)c1ccco1. The van der Waals surface area contributed by atoms with Crippen LogP contribution in [0.25, 0.3) is 0 Å². The number of amides is 3. The molecule has 7 heteroatoms. The number of rotatable bonds is 7. The number of nitrogens with zero attached hydrogens (tertiary/aromatic N) is 1. The van der Waals surface area contributed by atoms with E-state index in [0.717, 1.165) is 10.6 Å². The maximum absolute atomic E-state index is 12.3. The van der Waals surface area contributed by atoms with E-state index in [1.165, 1.54) is 11.2 Å². The molecule has 3 aromatic rings. The van der Waals surface area contributed by atoms with Crippen LogP contribution in [-0.4, -0.2) is 34.9 Å². The highest BCUT2D eigenvalue weighted by Crippen LogP contribution is 2.24. The summed E-state index contributed by atoms with van der Waals surface area (Å²) in [6.45, 7) is 0.399. The van der Waals surface area contributed by atoms with Gasteiger partial charge in [-0.2, -0.15) is 0 Å². The van der Waals surface area contributed by atoms with Crippen LogP contribution in [0, 0.1) is 0 Å². The quantitative estimate of drug-likeness (QED) is 0.359. The summed E-state index contributed by atoms with van der Waals surface area (Å²) >= 11 is 1.63. The van der Waals surface area contributed by atoms with Gasteiger partial charge in [0.25, 0.3) is 17.7 Å². The summed E-state index contributed by atoms with van der Waals surface area (Å²) in [5.41, 5.74) is 1.65. The van der Waals surface area contributed by atoms with Crippen LogP contribution in [0.5, 0.6) is 0 Å². The molecule has 4 rings (SSSR count). The average Bonchev–Trinajstić information content (AvgIpc) is 3.36. The topological polar surface area (TPSA) is 79.6 Å². The van der Waals surface area contributed by atoms with Crippen LogP contribution in [0.15, 0.2) is 76.2 Å². The fourth-order valence-electron chi connectivity index (χ4n) is 3.09. The van der Waals surface area contributed by atoms with Crippen molar-refractivity contribution in [3.8, 4) is 0 Å². The molecule has 0 saturated carbocycles. The summed E-state index contributed by atoms with van der Waals surface area (Å²) in [5, 5.41) is 2.77. The van der Waals surface area contributed by atoms with Crippen molar-refractivity contribution in [1.82, 2.24) is 4.90 Å². The Morgan fingerprint density at radius 3 is 2.24 bits per heavy atom. The second kappa shape index (κ2) is 8.36. The second-order valence-corrected chi connectivity index (χ2v) is 7.63. The van der Waals surface area contributed by atoms with Gasteiger partial charge in [-0.15, -0.1) is 11.8 Å². The third-order valence-electron chi connectivity index (χ3n) is 4.53. The minimum Gasteiger partial charge on any atom is -0.459 e. The Morgan fingerprint density at radius 2 is 1.62 bits per heavy atom. The molecule has 2 heterocycles. The van der Waals surface area contributed by atoms with Crippen LogP contribution in [0.2, 0.25) is 0 Å². The Kier molecular flexibility index (Phi) is 5.48. The van der Waals surface area contributed by atoms with Gasteiger partial charge >= 0.3 is 0 Å². The third-order valence-corrected chi connectivity index (χ3v) is 5.63. The molecule has 0 aliphatic carbocycles. The van der Waals surface area contributed by atoms with Crippen LogP contribution in [0.4, 0.5) is 5.69 Å². The van der Waals surface area contributed by atoms with E-state index < -0.39 is 0 Å². The van der Waals surface area contributed by atoms with Gasteiger partial charge in [0.05, 0.1) is 17.4 Å². The molecule has 1 N–H and O–H groups in total. The molecule has 0 radical (unpaired) electrons. The molecule has 3 amide bonds. The van der Waals surface area contributed by atoms with Crippen LogP contribution in [0.1, 0.15) is 37.7 Å². The second-order valence-electron chi connectivity index (χ2n) is 6.47. The first-order valence-electron chi connectivity index (χ1n) is 9.16. The van der Waals surface area contributed by atoms with Crippen molar-refractivity contribution < 1.29 is 18.8 Å². The minimum absolute atomic E-state index is 0.216. The molecule has 1 aliphatic rings. The fourth-order valence-corrected chi connectivity index (χ4v) is 3.93. The van der Waals surface area contributed by atoms with Gasteiger partial charge in [-0.1, -0.05) is 12.1 Å². The summed E-state index contributed by atoms with van der Waals surface area (Å²) in [6.07, 6.45) is 2.16. The van der Waals surface area contributed by atoms with E-state index in [0.29, 0.717) is 29.8 Å². The van der Waals surface area contributed by atoms with E-state index in [1.807, 2.05) is 24.3 Å². The molecular weight excluding hydrogens is 388 g/mol. The maximum atomic E-state index is 12.3. The fraction of sp³-hybridized carbons (Fsp3) is 0.136. The lowest BCUT2D eigenvalue weighted by Crippen LogP contribution is -2.30. The van der Waals surface area contributed by atoms with Crippen molar-refractivity contribution in [2.45, 2.75) is 11.3 Å².